The van der Waals surface area contributed by atoms with Gasteiger partial charge in [0.15, 0.2) is 0 Å². The van der Waals surface area contributed by atoms with Crippen LogP contribution in [-0.2, 0) is 10.2 Å². The number of hydrogen-bond donors (Lipinski definition) is 1. The summed E-state index contributed by atoms with van der Waals surface area (Å²) in [6.45, 7) is 3.93. The summed E-state index contributed by atoms with van der Waals surface area (Å²) in [5.74, 6) is 0.406. The maximum atomic E-state index is 12.8. The fraction of sp³-hybridized carbons (Fsp3) is 0.429. The topological polar surface area (TPSA) is 67.9 Å². The van der Waals surface area contributed by atoms with Crippen molar-refractivity contribution in [3.63, 3.8) is 0 Å². The summed E-state index contributed by atoms with van der Waals surface area (Å²) in [5.41, 5.74) is 0.338. The highest BCUT2D eigenvalue weighted by molar-refractivity contribution is 7.10. The molecule has 3 rings (SSSR count). The second kappa shape index (κ2) is 9.10. The van der Waals surface area contributed by atoms with Crippen LogP contribution in [-0.4, -0.2) is 50.3 Å². The summed E-state index contributed by atoms with van der Waals surface area (Å²) in [7, 11) is 1.56. The number of amides is 2. The van der Waals surface area contributed by atoms with Crippen molar-refractivity contribution in [1.29, 1.82) is 0 Å². The predicted molar refractivity (Wildman–Crippen MR) is 109 cm³/mol. The van der Waals surface area contributed by atoms with Crippen molar-refractivity contribution < 1.29 is 19.1 Å². The highest BCUT2D eigenvalue weighted by Crippen LogP contribution is 2.38. The van der Waals surface area contributed by atoms with Crippen LogP contribution in [0.4, 0.5) is 4.79 Å². The number of nitrogens with zero attached hydrogens (tertiary/aromatic N) is 1. The van der Waals surface area contributed by atoms with Crippen LogP contribution in [0.5, 0.6) is 5.75 Å². The summed E-state index contributed by atoms with van der Waals surface area (Å²) in [6, 6.07) is 11.3. The molecular weight excluding hydrogens is 376 g/mol. The van der Waals surface area contributed by atoms with E-state index in [1.54, 1.807) is 35.5 Å². The maximum Gasteiger partial charge on any atom is 0.409 e. The highest BCUT2D eigenvalue weighted by atomic mass is 32.1. The van der Waals surface area contributed by atoms with E-state index in [1.807, 2.05) is 25.1 Å². The molecule has 1 aliphatic rings. The number of nitrogens with one attached hydrogen (secondary N) is 1. The zero-order chi connectivity index (χ0) is 20.0. The summed E-state index contributed by atoms with van der Waals surface area (Å²) in [5, 5.41) is 5.15. The first-order valence-corrected chi connectivity index (χ1v) is 10.3. The first kappa shape index (κ1) is 20.2. The van der Waals surface area contributed by atoms with Crippen molar-refractivity contribution in [2.45, 2.75) is 25.2 Å². The van der Waals surface area contributed by atoms with Gasteiger partial charge < -0.3 is 19.7 Å². The van der Waals surface area contributed by atoms with E-state index >= 15 is 0 Å². The quantitative estimate of drug-likeness (QED) is 0.800. The summed E-state index contributed by atoms with van der Waals surface area (Å²) >= 11 is 1.69. The van der Waals surface area contributed by atoms with Crippen molar-refractivity contribution >= 4 is 23.3 Å². The number of likely N-dealkylation sites (tertiary alicyclic amines) is 1. The van der Waals surface area contributed by atoms with Gasteiger partial charge in [0.2, 0.25) is 0 Å². The Labute approximate surface area is 169 Å². The Morgan fingerprint density at radius 1 is 1.18 bits per heavy atom. The Hall–Kier alpha value is -2.54. The van der Waals surface area contributed by atoms with Crippen LogP contribution in [0.3, 0.4) is 0 Å². The van der Waals surface area contributed by atoms with Gasteiger partial charge in [-0.05, 0) is 43.3 Å². The molecule has 1 fully saturated rings. The summed E-state index contributed by atoms with van der Waals surface area (Å²) in [6.07, 6.45) is 1.29. The van der Waals surface area contributed by atoms with E-state index in [0.29, 0.717) is 37.6 Å². The molecule has 0 bridgehead atoms. The predicted octanol–water partition coefficient (Wildman–Crippen LogP) is 3.68. The first-order chi connectivity index (χ1) is 13.6. The first-order valence-electron chi connectivity index (χ1n) is 9.46. The summed E-state index contributed by atoms with van der Waals surface area (Å²) < 4.78 is 10.4. The number of piperidine rings is 1. The van der Waals surface area contributed by atoms with Crippen LogP contribution in [0.2, 0.25) is 0 Å². The number of para-hydroxylation sites is 1. The molecule has 1 saturated heterocycles. The molecule has 150 valence electrons. The van der Waals surface area contributed by atoms with Gasteiger partial charge in [-0.1, -0.05) is 18.2 Å². The Balaban J connectivity index is 1.72. The third-order valence-corrected chi connectivity index (χ3v) is 6.35. The maximum absolute atomic E-state index is 12.8. The molecule has 6 nitrogen and oxygen atoms in total. The van der Waals surface area contributed by atoms with Crippen molar-refractivity contribution in [2.24, 2.45) is 0 Å². The molecule has 1 aromatic heterocycles. The van der Waals surface area contributed by atoms with Gasteiger partial charge in [-0.3, -0.25) is 4.79 Å². The third-order valence-electron chi connectivity index (χ3n) is 5.23. The van der Waals surface area contributed by atoms with E-state index < -0.39 is 0 Å². The van der Waals surface area contributed by atoms with Crippen LogP contribution >= 0.6 is 11.3 Å². The van der Waals surface area contributed by atoms with E-state index in [4.69, 9.17) is 9.47 Å². The standard InChI is InChI=1S/C21H26N2O4S/c1-3-27-20(25)23-12-10-21(11-13-23,18-9-6-14-28-18)15-22-19(24)16-7-4-5-8-17(16)26-2/h4-9,14H,3,10-13,15H2,1-2H3,(H,22,24). The molecule has 2 heterocycles. The number of methoxy groups -OCH3 is 1. The van der Waals surface area contributed by atoms with Crippen molar-refractivity contribution in [3.8, 4) is 5.75 Å². The molecule has 0 unspecified atom stereocenters. The number of thiophene rings is 1. The van der Waals surface area contributed by atoms with E-state index in [0.717, 1.165) is 12.8 Å². The fourth-order valence-electron chi connectivity index (χ4n) is 3.60. The molecule has 1 aromatic carbocycles. The van der Waals surface area contributed by atoms with Gasteiger partial charge >= 0.3 is 6.09 Å². The van der Waals surface area contributed by atoms with Gasteiger partial charge in [-0.15, -0.1) is 11.3 Å². The molecular formula is C21H26N2O4S. The van der Waals surface area contributed by atoms with E-state index in [-0.39, 0.29) is 17.4 Å². The molecule has 0 radical (unpaired) electrons. The Morgan fingerprint density at radius 2 is 1.93 bits per heavy atom. The molecule has 7 heteroatoms. The number of benzene rings is 1. The molecule has 0 spiro atoms. The minimum atomic E-state index is -0.264. The SMILES string of the molecule is CCOC(=O)N1CCC(CNC(=O)c2ccccc2OC)(c2cccs2)CC1. The minimum Gasteiger partial charge on any atom is -0.496 e. The van der Waals surface area contributed by atoms with E-state index in [1.165, 1.54) is 4.88 Å². The largest absolute Gasteiger partial charge is 0.496 e. The summed E-state index contributed by atoms with van der Waals surface area (Å²) in [4.78, 5) is 27.8. The lowest BCUT2D eigenvalue weighted by Crippen LogP contribution is -2.50. The van der Waals surface area contributed by atoms with Crippen LogP contribution in [0.1, 0.15) is 35.0 Å². The lowest BCUT2D eigenvalue weighted by atomic mass is 9.77. The van der Waals surface area contributed by atoms with Gasteiger partial charge in [-0.25, -0.2) is 4.79 Å². The number of carbonyl (C=O) groups is 2. The molecule has 2 aromatic rings. The molecule has 0 aliphatic carbocycles. The molecule has 2 amide bonds. The molecule has 28 heavy (non-hydrogen) atoms. The smallest absolute Gasteiger partial charge is 0.409 e. The Morgan fingerprint density at radius 3 is 2.57 bits per heavy atom. The van der Waals surface area contributed by atoms with Gasteiger partial charge in [0.05, 0.1) is 19.3 Å². The molecule has 0 saturated carbocycles. The zero-order valence-electron chi connectivity index (χ0n) is 16.3. The van der Waals surface area contributed by atoms with Crippen molar-refractivity contribution in [2.75, 3.05) is 33.4 Å². The zero-order valence-corrected chi connectivity index (χ0v) is 17.1. The lowest BCUT2D eigenvalue weighted by Gasteiger charge is -2.41. The molecule has 1 N–H and O–H groups in total. The molecule has 1 aliphatic heterocycles. The minimum absolute atomic E-state index is 0.152. The van der Waals surface area contributed by atoms with Gasteiger partial charge in [-0.2, -0.15) is 0 Å². The monoisotopic (exact) mass is 402 g/mol. The number of ether oxygens (including phenoxy) is 2. The van der Waals surface area contributed by atoms with Gasteiger partial charge in [0.1, 0.15) is 5.75 Å². The lowest BCUT2D eigenvalue weighted by molar-refractivity contribution is 0.0818. The van der Waals surface area contributed by atoms with Gasteiger partial charge in [0, 0.05) is 29.9 Å². The van der Waals surface area contributed by atoms with Crippen molar-refractivity contribution in [3.05, 3.63) is 52.2 Å². The van der Waals surface area contributed by atoms with Crippen molar-refractivity contribution in [1.82, 2.24) is 10.2 Å². The Kier molecular flexibility index (Phi) is 6.57. The number of carbonyl (C=O) groups excluding carboxylic acids is 2. The molecule has 0 atom stereocenters. The van der Waals surface area contributed by atoms with Gasteiger partial charge in [0.25, 0.3) is 5.91 Å². The fourth-order valence-corrected chi connectivity index (χ4v) is 4.59. The number of rotatable bonds is 6. The van der Waals surface area contributed by atoms with Crippen LogP contribution in [0.15, 0.2) is 41.8 Å². The van der Waals surface area contributed by atoms with E-state index in [2.05, 4.69) is 16.8 Å². The second-order valence-electron chi connectivity index (χ2n) is 6.83. The van der Waals surface area contributed by atoms with Crippen LogP contribution in [0, 0.1) is 0 Å². The van der Waals surface area contributed by atoms with E-state index in [9.17, 15) is 9.59 Å². The number of hydrogen-bond acceptors (Lipinski definition) is 5. The Bertz CT molecular complexity index is 798. The average molecular weight is 403 g/mol. The van der Waals surface area contributed by atoms with Crippen LogP contribution < -0.4 is 10.1 Å². The third kappa shape index (κ3) is 4.30. The average Bonchev–Trinajstić information content (AvgIpc) is 3.28. The highest BCUT2D eigenvalue weighted by Gasteiger charge is 2.39. The second-order valence-corrected chi connectivity index (χ2v) is 7.77. The van der Waals surface area contributed by atoms with Crippen LogP contribution in [0.25, 0.3) is 0 Å². The normalized spacial score (nSPS) is 15.7.